The van der Waals surface area contributed by atoms with Crippen LogP contribution in [0.4, 0.5) is 5.69 Å². The highest BCUT2D eigenvalue weighted by Crippen LogP contribution is 2.26. The summed E-state index contributed by atoms with van der Waals surface area (Å²) in [7, 11) is 0. The molecule has 0 atom stereocenters. The predicted molar refractivity (Wildman–Crippen MR) is 116 cm³/mol. The molecular weight excluding hydrogens is 414 g/mol. The maximum atomic E-state index is 5.78. The lowest BCUT2D eigenvalue weighted by molar-refractivity contribution is 0.244. The predicted octanol–water partition coefficient (Wildman–Crippen LogP) is 4.53. The topological polar surface area (TPSA) is 70.8 Å². The first-order chi connectivity index (χ1) is 13.7. The highest BCUT2D eigenvalue weighted by molar-refractivity contribution is 9.10. The van der Waals surface area contributed by atoms with Gasteiger partial charge in [-0.2, -0.15) is 0 Å². The molecular formula is C22H20BrN5. The van der Waals surface area contributed by atoms with E-state index < -0.39 is 0 Å². The van der Waals surface area contributed by atoms with Crippen molar-refractivity contribution in [3.63, 3.8) is 0 Å². The van der Waals surface area contributed by atoms with Crippen molar-refractivity contribution in [3.05, 3.63) is 76.2 Å². The number of nitrogens with zero attached hydrogens (tertiary/aromatic N) is 3. The zero-order valence-corrected chi connectivity index (χ0v) is 16.9. The summed E-state index contributed by atoms with van der Waals surface area (Å²) in [5.74, 6) is 0.772. The van der Waals surface area contributed by atoms with Crippen LogP contribution in [-0.4, -0.2) is 26.4 Å². The first-order valence-corrected chi connectivity index (χ1v) is 10.1. The van der Waals surface area contributed by atoms with Gasteiger partial charge in [0.05, 0.1) is 5.69 Å². The number of nitrogen functional groups attached to an aromatic ring is 1. The zero-order valence-electron chi connectivity index (χ0n) is 15.3. The van der Waals surface area contributed by atoms with Gasteiger partial charge in [0.2, 0.25) is 0 Å². The van der Waals surface area contributed by atoms with E-state index in [4.69, 9.17) is 10.7 Å². The Balaban J connectivity index is 1.36. The van der Waals surface area contributed by atoms with E-state index in [1.165, 1.54) is 22.0 Å². The minimum absolute atomic E-state index is 0.752. The molecule has 3 heterocycles. The third-order valence-electron chi connectivity index (χ3n) is 5.31. The molecule has 5 rings (SSSR count). The summed E-state index contributed by atoms with van der Waals surface area (Å²) >= 11 is 3.58. The van der Waals surface area contributed by atoms with Gasteiger partial charge < -0.3 is 10.7 Å². The van der Waals surface area contributed by atoms with Crippen LogP contribution < -0.4 is 5.73 Å². The largest absolute Gasteiger partial charge is 0.399 e. The number of anilines is 1. The number of aromatic nitrogens is 3. The number of nitrogens with two attached hydrogens (primary N) is 1. The van der Waals surface area contributed by atoms with Crippen molar-refractivity contribution in [2.45, 2.75) is 19.5 Å². The highest BCUT2D eigenvalue weighted by Gasteiger charge is 2.20. The Hall–Kier alpha value is -2.70. The maximum absolute atomic E-state index is 5.78. The van der Waals surface area contributed by atoms with Gasteiger partial charge in [0, 0.05) is 70.6 Å². The third-order valence-corrected chi connectivity index (χ3v) is 5.80. The van der Waals surface area contributed by atoms with Crippen LogP contribution in [0.15, 0.2) is 59.3 Å². The number of benzene rings is 2. The molecule has 0 spiro atoms. The quantitative estimate of drug-likeness (QED) is 0.465. The summed E-state index contributed by atoms with van der Waals surface area (Å²) < 4.78 is 1.11. The molecule has 5 nitrogen and oxygen atoms in total. The van der Waals surface area contributed by atoms with Crippen molar-refractivity contribution in [1.82, 2.24) is 19.9 Å². The summed E-state index contributed by atoms with van der Waals surface area (Å²) in [4.78, 5) is 15.2. The fourth-order valence-corrected chi connectivity index (χ4v) is 4.16. The smallest absolute Gasteiger partial charge is 0.159 e. The van der Waals surface area contributed by atoms with Crippen LogP contribution in [0.2, 0.25) is 0 Å². The van der Waals surface area contributed by atoms with E-state index >= 15 is 0 Å². The molecule has 0 fully saturated rings. The molecule has 0 aliphatic carbocycles. The SMILES string of the molecule is Nc1ccc(-c2ncc3c(n2)CCN(Cc2c[nH]c4ccc(Br)cc24)C3)cc1. The molecule has 0 saturated heterocycles. The van der Waals surface area contributed by atoms with Crippen LogP contribution >= 0.6 is 15.9 Å². The molecule has 0 bridgehead atoms. The first kappa shape index (κ1) is 17.4. The highest BCUT2D eigenvalue weighted by atomic mass is 79.9. The van der Waals surface area contributed by atoms with Crippen molar-refractivity contribution in [2.24, 2.45) is 0 Å². The molecule has 2 aromatic heterocycles. The van der Waals surface area contributed by atoms with Gasteiger partial charge in [0.25, 0.3) is 0 Å². The number of fused-ring (bicyclic) bond motifs is 2. The second-order valence-corrected chi connectivity index (χ2v) is 8.17. The molecule has 0 amide bonds. The Bertz CT molecular complexity index is 1150. The van der Waals surface area contributed by atoms with E-state index in [0.29, 0.717) is 0 Å². The Morgan fingerprint density at radius 3 is 2.86 bits per heavy atom. The number of aromatic amines is 1. The van der Waals surface area contributed by atoms with Crippen LogP contribution in [0.3, 0.4) is 0 Å². The fourth-order valence-electron chi connectivity index (χ4n) is 3.80. The molecule has 1 aliphatic rings. The standard InChI is InChI=1S/C22H20BrN5/c23-17-3-6-21-19(9-17)15(10-25-21)12-28-8-7-20-16(13-28)11-26-22(27-20)14-1-4-18(24)5-2-14/h1-6,9-11,25H,7-8,12-13,24H2. The number of hydrogen-bond donors (Lipinski definition) is 2. The lowest BCUT2D eigenvalue weighted by Crippen LogP contribution is -2.30. The lowest BCUT2D eigenvalue weighted by atomic mass is 10.1. The normalized spacial score (nSPS) is 14.3. The molecule has 2 aromatic carbocycles. The number of hydrogen-bond acceptors (Lipinski definition) is 4. The van der Waals surface area contributed by atoms with Crippen LogP contribution in [0.1, 0.15) is 16.8 Å². The second-order valence-electron chi connectivity index (χ2n) is 7.25. The van der Waals surface area contributed by atoms with Crippen LogP contribution in [0.25, 0.3) is 22.3 Å². The number of rotatable bonds is 3. The van der Waals surface area contributed by atoms with E-state index in [2.05, 4.69) is 55.2 Å². The Morgan fingerprint density at radius 1 is 1.14 bits per heavy atom. The molecule has 0 unspecified atom stereocenters. The summed E-state index contributed by atoms with van der Waals surface area (Å²) in [6.07, 6.45) is 5.03. The fraction of sp³-hybridized carbons (Fsp3) is 0.182. The van der Waals surface area contributed by atoms with E-state index in [9.17, 15) is 0 Å². The minimum Gasteiger partial charge on any atom is -0.399 e. The first-order valence-electron chi connectivity index (χ1n) is 9.34. The second kappa shape index (κ2) is 7.04. The summed E-state index contributed by atoms with van der Waals surface area (Å²) in [6.45, 7) is 2.78. The van der Waals surface area contributed by atoms with Gasteiger partial charge in [0.1, 0.15) is 0 Å². The molecule has 140 valence electrons. The average molecular weight is 434 g/mol. The zero-order chi connectivity index (χ0) is 19.1. The van der Waals surface area contributed by atoms with Crippen LogP contribution in [0.5, 0.6) is 0 Å². The molecule has 0 radical (unpaired) electrons. The number of nitrogens with one attached hydrogen (secondary N) is 1. The minimum atomic E-state index is 0.752. The van der Waals surface area contributed by atoms with Gasteiger partial charge in [-0.3, -0.25) is 4.90 Å². The maximum Gasteiger partial charge on any atom is 0.159 e. The van der Waals surface area contributed by atoms with Crippen molar-refractivity contribution in [2.75, 3.05) is 12.3 Å². The van der Waals surface area contributed by atoms with E-state index in [-0.39, 0.29) is 0 Å². The number of H-pyrrole nitrogens is 1. The van der Waals surface area contributed by atoms with Gasteiger partial charge in [-0.05, 0) is 48.0 Å². The molecule has 28 heavy (non-hydrogen) atoms. The molecule has 3 N–H and O–H groups in total. The molecule has 4 aromatic rings. The molecule has 0 saturated carbocycles. The summed E-state index contributed by atoms with van der Waals surface area (Å²) in [6, 6.07) is 14.1. The molecule has 6 heteroatoms. The lowest BCUT2D eigenvalue weighted by Gasteiger charge is -2.28. The van der Waals surface area contributed by atoms with Gasteiger partial charge in [-0.15, -0.1) is 0 Å². The van der Waals surface area contributed by atoms with Gasteiger partial charge in [0.15, 0.2) is 5.82 Å². The number of halogens is 1. The monoisotopic (exact) mass is 433 g/mol. The Kier molecular flexibility index (Phi) is 4.37. The Labute approximate surface area is 171 Å². The van der Waals surface area contributed by atoms with Gasteiger partial charge in [-0.1, -0.05) is 15.9 Å². The van der Waals surface area contributed by atoms with Gasteiger partial charge in [-0.25, -0.2) is 9.97 Å². The van der Waals surface area contributed by atoms with E-state index in [1.807, 2.05) is 30.5 Å². The average Bonchev–Trinajstić information content (AvgIpc) is 3.10. The summed E-state index contributed by atoms with van der Waals surface area (Å²) in [5, 5.41) is 1.27. The van der Waals surface area contributed by atoms with Crippen molar-refractivity contribution in [1.29, 1.82) is 0 Å². The van der Waals surface area contributed by atoms with Crippen molar-refractivity contribution < 1.29 is 0 Å². The molecule has 1 aliphatic heterocycles. The Morgan fingerprint density at radius 2 is 2.00 bits per heavy atom. The van der Waals surface area contributed by atoms with Crippen LogP contribution in [0, 0.1) is 0 Å². The van der Waals surface area contributed by atoms with E-state index in [0.717, 1.165) is 53.3 Å². The van der Waals surface area contributed by atoms with Crippen molar-refractivity contribution >= 4 is 32.5 Å². The summed E-state index contributed by atoms with van der Waals surface area (Å²) in [5.41, 5.74) is 12.4. The van der Waals surface area contributed by atoms with Crippen LogP contribution in [-0.2, 0) is 19.5 Å². The van der Waals surface area contributed by atoms with Gasteiger partial charge >= 0.3 is 0 Å². The van der Waals surface area contributed by atoms with E-state index in [1.54, 1.807) is 0 Å². The van der Waals surface area contributed by atoms with Crippen molar-refractivity contribution in [3.8, 4) is 11.4 Å². The third kappa shape index (κ3) is 3.30.